The van der Waals surface area contributed by atoms with Crippen molar-refractivity contribution in [2.24, 2.45) is 0 Å². The van der Waals surface area contributed by atoms with Crippen molar-refractivity contribution in [3.63, 3.8) is 0 Å². The van der Waals surface area contributed by atoms with E-state index in [1.54, 1.807) is 34.9 Å². The Morgan fingerprint density at radius 1 is 1.14 bits per heavy atom. The lowest BCUT2D eigenvalue weighted by molar-refractivity contribution is -0.160. The molecule has 5 rings (SSSR count). The van der Waals surface area contributed by atoms with Crippen LogP contribution in [0.4, 0.5) is 23.4 Å². The number of hydrogen-bond acceptors (Lipinski definition) is 4. The molecule has 4 heterocycles. The number of imidazole rings is 1. The van der Waals surface area contributed by atoms with Crippen molar-refractivity contribution in [3.8, 4) is 11.4 Å². The Labute approximate surface area is 164 Å². The standard InChI is InChI=1S/C20H19F4N5/c21-13-8-25-9-15(13)28-17-3-1-2-14(27-17)16-10-26-18-5-4-12(11-29(16)18)19(6-7-19)20(22,23)24/h1-5,10-11,13,15,25H,6-9H2,(H,27,28). The molecular formula is C20H19F4N5. The van der Waals surface area contributed by atoms with Gasteiger partial charge < -0.3 is 10.6 Å². The van der Waals surface area contributed by atoms with E-state index in [2.05, 4.69) is 20.6 Å². The molecule has 0 spiro atoms. The van der Waals surface area contributed by atoms with Gasteiger partial charge in [-0.1, -0.05) is 12.1 Å². The van der Waals surface area contributed by atoms with Gasteiger partial charge in [0.2, 0.25) is 0 Å². The predicted molar refractivity (Wildman–Crippen MR) is 101 cm³/mol. The van der Waals surface area contributed by atoms with Gasteiger partial charge in [-0.2, -0.15) is 13.2 Å². The molecule has 5 nitrogen and oxygen atoms in total. The maximum atomic E-state index is 13.9. The van der Waals surface area contributed by atoms with Gasteiger partial charge in [0.25, 0.3) is 0 Å². The first kappa shape index (κ1) is 18.4. The van der Waals surface area contributed by atoms with E-state index < -0.39 is 17.8 Å². The quantitative estimate of drug-likeness (QED) is 0.650. The van der Waals surface area contributed by atoms with Crippen molar-refractivity contribution in [1.82, 2.24) is 19.7 Å². The molecule has 0 bridgehead atoms. The fourth-order valence-corrected chi connectivity index (χ4v) is 3.95. The second-order valence-corrected chi connectivity index (χ2v) is 7.70. The van der Waals surface area contributed by atoms with Crippen LogP contribution in [0.15, 0.2) is 42.7 Å². The molecule has 2 unspecified atom stereocenters. The molecule has 1 aliphatic heterocycles. The molecule has 0 radical (unpaired) electrons. The van der Waals surface area contributed by atoms with E-state index in [-0.39, 0.29) is 24.4 Å². The highest BCUT2D eigenvalue weighted by atomic mass is 19.4. The summed E-state index contributed by atoms with van der Waals surface area (Å²) in [4.78, 5) is 8.83. The molecule has 3 aromatic rings. The number of nitrogens with one attached hydrogen (secondary N) is 2. The summed E-state index contributed by atoms with van der Waals surface area (Å²) in [7, 11) is 0. The first-order valence-corrected chi connectivity index (χ1v) is 9.50. The predicted octanol–water partition coefficient (Wildman–Crippen LogP) is 3.71. The van der Waals surface area contributed by atoms with Crippen molar-refractivity contribution in [2.45, 2.75) is 36.6 Å². The lowest BCUT2D eigenvalue weighted by atomic mass is 9.97. The molecule has 0 amide bonds. The fourth-order valence-electron chi connectivity index (χ4n) is 3.95. The zero-order valence-corrected chi connectivity index (χ0v) is 15.4. The van der Waals surface area contributed by atoms with Crippen molar-refractivity contribution in [2.75, 3.05) is 18.4 Å². The normalized spacial score (nSPS) is 23.4. The highest BCUT2D eigenvalue weighted by Crippen LogP contribution is 2.58. The number of hydrogen-bond donors (Lipinski definition) is 2. The maximum absolute atomic E-state index is 13.9. The monoisotopic (exact) mass is 405 g/mol. The van der Waals surface area contributed by atoms with E-state index in [9.17, 15) is 17.6 Å². The number of pyridine rings is 2. The van der Waals surface area contributed by atoms with Crippen LogP contribution >= 0.6 is 0 Å². The average Bonchev–Trinajstić information content (AvgIpc) is 3.28. The molecule has 2 N–H and O–H groups in total. The number of anilines is 1. The molecular weight excluding hydrogens is 386 g/mol. The van der Waals surface area contributed by atoms with Gasteiger partial charge in [-0.05, 0) is 36.6 Å². The molecule has 152 valence electrons. The van der Waals surface area contributed by atoms with Gasteiger partial charge in [-0.3, -0.25) is 4.40 Å². The SMILES string of the molecule is FC1CNCC1Nc1cccc(-c2cnc3ccc(C4(C(F)(F)F)CC4)cn23)n1. The zero-order chi connectivity index (χ0) is 20.2. The van der Waals surface area contributed by atoms with E-state index in [0.717, 1.165) is 0 Å². The summed E-state index contributed by atoms with van der Waals surface area (Å²) in [5, 5.41) is 6.06. The summed E-state index contributed by atoms with van der Waals surface area (Å²) in [6.45, 7) is 0.805. The van der Waals surface area contributed by atoms with Crippen LogP contribution in [0, 0.1) is 0 Å². The van der Waals surface area contributed by atoms with E-state index in [4.69, 9.17) is 0 Å². The van der Waals surface area contributed by atoms with Crippen molar-refractivity contribution < 1.29 is 17.6 Å². The van der Waals surface area contributed by atoms with Gasteiger partial charge in [0.1, 0.15) is 17.6 Å². The van der Waals surface area contributed by atoms with Gasteiger partial charge in [-0.15, -0.1) is 0 Å². The van der Waals surface area contributed by atoms with E-state index in [1.165, 1.54) is 12.3 Å². The Bertz CT molecular complexity index is 1060. The highest BCUT2D eigenvalue weighted by molar-refractivity contribution is 5.62. The van der Waals surface area contributed by atoms with E-state index >= 15 is 0 Å². The Balaban J connectivity index is 1.51. The Morgan fingerprint density at radius 2 is 1.97 bits per heavy atom. The molecule has 2 aliphatic rings. The van der Waals surface area contributed by atoms with Crippen molar-refractivity contribution >= 4 is 11.5 Å². The minimum atomic E-state index is -4.28. The summed E-state index contributed by atoms with van der Waals surface area (Å²) in [5.74, 6) is 0.513. The zero-order valence-electron chi connectivity index (χ0n) is 15.4. The average molecular weight is 405 g/mol. The Kier molecular flexibility index (Phi) is 4.06. The van der Waals surface area contributed by atoms with Crippen LogP contribution < -0.4 is 10.6 Å². The van der Waals surface area contributed by atoms with Gasteiger partial charge in [0.15, 0.2) is 0 Å². The molecule has 9 heteroatoms. The van der Waals surface area contributed by atoms with Crippen LogP contribution in [0.25, 0.3) is 17.0 Å². The topological polar surface area (TPSA) is 54.2 Å². The van der Waals surface area contributed by atoms with Crippen LogP contribution in [-0.2, 0) is 5.41 Å². The molecule has 2 atom stereocenters. The number of aromatic nitrogens is 3. The number of fused-ring (bicyclic) bond motifs is 1. The molecule has 1 aliphatic carbocycles. The smallest absolute Gasteiger partial charge is 0.363 e. The summed E-state index contributed by atoms with van der Waals surface area (Å²) < 4.78 is 56.1. The van der Waals surface area contributed by atoms with Gasteiger partial charge >= 0.3 is 6.18 Å². The minimum Gasteiger partial charge on any atom is -0.363 e. The molecule has 0 aromatic carbocycles. The second kappa shape index (κ2) is 6.41. The van der Waals surface area contributed by atoms with Crippen LogP contribution in [-0.4, -0.2) is 45.8 Å². The number of alkyl halides is 4. The Hall–Kier alpha value is -2.68. The molecule has 2 fully saturated rings. The minimum absolute atomic E-state index is 0.101. The van der Waals surface area contributed by atoms with Crippen molar-refractivity contribution in [1.29, 1.82) is 0 Å². The van der Waals surface area contributed by atoms with Crippen LogP contribution in [0.2, 0.25) is 0 Å². The van der Waals surface area contributed by atoms with Gasteiger partial charge in [-0.25, -0.2) is 14.4 Å². The largest absolute Gasteiger partial charge is 0.398 e. The second-order valence-electron chi connectivity index (χ2n) is 7.70. The third kappa shape index (κ3) is 3.04. The summed E-state index contributed by atoms with van der Waals surface area (Å²) in [6.07, 6.45) is -1.98. The molecule has 3 aromatic heterocycles. The third-order valence-corrected chi connectivity index (χ3v) is 5.84. The van der Waals surface area contributed by atoms with E-state index in [1.807, 2.05) is 0 Å². The maximum Gasteiger partial charge on any atom is 0.398 e. The lowest BCUT2D eigenvalue weighted by Crippen LogP contribution is -2.29. The molecule has 1 saturated heterocycles. The van der Waals surface area contributed by atoms with Crippen LogP contribution in [0.3, 0.4) is 0 Å². The lowest BCUT2D eigenvalue weighted by Gasteiger charge is -2.20. The van der Waals surface area contributed by atoms with Gasteiger partial charge in [0.05, 0.1) is 29.0 Å². The van der Waals surface area contributed by atoms with Crippen molar-refractivity contribution in [3.05, 3.63) is 48.3 Å². The first-order chi connectivity index (χ1) is 13.9. The van der Waals surface area contributed by atoms with Gasteiger partial charge in [0, 0.05) is 19.3 Å². The Morgan fingerprint density at radius 3 is 2.66 bits per heavy atom. The van der Waals surface area contributed by atoms with Crippen LogP contribution in [0.1, 0.15) is 18.4 Å². The fraction of sp³-hybridized carbons (Fsp3) is 0.400. The third-order valence-electron chi connectivity index (χ3n) is 5.84. The first-order valence-electron chi connectivity index (χ1n) is 9.50. The summed E-state index contributed by atoms with van der Waals surface area (Å²) >= 11 is 0. The number of halogens is 4. The molecule has 29 heavy (non-hydrogen) atoms. The highest BCUT2D eigenvalue weighted by Gasteiger charge is 2.64. The number of rotatable bonds is 4. The number of nitrogens with zero attached hydrogens (tertiary/aromatic N) is 3. The summed E-state index contributed by atoms with van der Waals surface area (Å²) in [5.41, 5.74) is 0.169. The molecule has 1 saturated carbocycles. The summed E-state index contributed by atoms with van der Waals surface area (Å²) in [6, 6.07) is 8.02. The van der Waals surface area contributed by atoms with Crippen LogP contribution in [0.5, 0.6) is 0 Å². The van der Waals surface area contributed by atoms with E-state index in [0.29, 0.717) is 35.9 Å².